The molecule has 0 saturated carbocycles. The number of aryl methyl sites for hydroxylation is 2. The second kappa shape index (κ2) is 8.64. The van der Waals surface area contributed by atoms with E-state index >= 15 is 0 Å². The van der Waals surface area contributed by atoms with Crippen LogP contribution in [-0.4, -0.2) is 34.1 Å². The molecule has 3 rings (SSSR count). The van der Waals surface area contributed by atoms with E-state index in [-0.39, 0.29) is 12.5 Å². The van der Waals surface area contributed by atoms with E-state index < -0.39 is 0 Å². The van der Waals surface area contributed by atoms with Crippen molar-refractivity contribution in [2.75, 3.05) is 18.4 Å². The summed E-state index contributed by atoms with van der Waals surface area (Å²) >= 11 is 0. The minimum atomic E-state index is -0.0667. The number of hydrogen-bond donors (Lipinski definition) is 1. The van der Waals surface area contributed by atoms with Gasteiger partial charge in [-0.1, -0.05) is 19.1 Å². The molecule has 0 aliphatic carbocycles. The van der Waals surface area contributed by atoms with Crippen LogP contribution < -0.4 is 5.32 Å². The van der Waals surface area contributed by atoms with E-state index in [2.05, 4.69) is 22.4 Å². The minimum Gasteiger partial charge on any atom is -0.459 e. The largest absolute Gasteiger partial charge is 0.459 e. The molecule has 0 aliphatic rings. The van der Waals surface area contributed by atoms with Gasteiger partial charge in [0.2, 0.25) is 11.8 Å². The first-order valence-electron chi connectivity index (χ1n) is 9.01. The van der Waals surface area contributed by atoms with Crippen LogP contribution >= 0.6 is 0 Å². The van der Waals surface area contributed by atoms with Crippen molar-refractivity contribution in [1.29, 1.82) is 0 Å². The molecule has 1 aromatic carbocycles. The van der Waals surface area contributed by atoms with Gasteiger partial charge in [-0.25, -0.2) is 0 Å². The first kappa shape index (κ1) is 18.8. The van der Waals surface area contributed by atoms with Gasteiger partial charge in [0.15, 0.2) is 5.76 Å². The normalized spacial score (nSPS) is 11.1. The van der Waals surface area contributed by atoms with E-state index in [0.29, 0.717) is 24.1 Å². The molecule has 0 atom stereocenters. The molecule has 0 radical (unpaired) electrons. The Bertz CT molecular complexity index is 887. The molecule has 0 spiro atoms. The number of carbonyl (C=O) groups is 1. The standard InChI is InChI=1S/C20H24N4O3/c1-4-9-24(12-18(25)21-16-11-14(2)7-8-15(16)3)13-19-22-23-20(27-19)17-6-5-10-26-17/h5-8,10-11H,4,9,12-13H2,1-3H3,(H,21,25). The van der Waals surface area contributed by atoms with Crippen molar-refractivity contribution in [3.63, 3.8) is 0 Å². The number of amides is 1. The summed E-state index contributed by atoms with van der Waals surface area (Å²) in [7, 11) is 0. The molecule has 0 unspecified atom stereocenters. The van der Waals surface area contributed by atoms with Crippen LogP contribution in [0.2, 0.25) is 0 Å². The van der Waals surface area contributed by atoms with Crippen LogP contribution in [0, 0.1) is 13.8 Å². The van der Waals surface area contributed by atoms with Crippen LogP contribution in [0.1, 0.15) is 30.4 Å². The zero-order valence-corrected chi connectivity index (χ0v) is 15.9. The van der Waals surface area contributed by atoms with Gasteiger partial charge in [-0.3, -0.25) is 9.69 Å². The van der Waals surface area contributed by atoms with Gasteiger partial charge in [0.1, 0.15) is 0 Å². The Morgan fingerprint density at radius 3 is 2.81 bits per heavy atom. The lowest BCUT2D eigenvalue weighted by molar-refractivity contribution is -0.117. The summed E-state index contributed by atoms with van der Waals surface area (Å²) in [6.07, 6.45) is 2.47. The Morgan fingerprint density at radius 2 is 2.07 bits per heavy atom. The number of aromatic nitrogens is 2. The first-order chi connectivity index (χ1) is 13.0. The van der Waals surface area contributed by atoms with E-state index in [9.17, 15) is 4.79 Å². The highest BCUT2D eigenvalue weighted by molar-refractivity contribution is 5.93. The highest BCUT2D eigenvalue weighted by Crippen LogP contribution is 2.19. The smallest absolute Gasteiger partial charge is 0.283 e. The molecule has 0 bridgehead atoms. The van der Waals surface area contributed by atoms with E-state index in [1.54, 1.807) is 18.4 Å². The van der Waals surface area contributed by atoms with Gasteiger partial charge in [0, 0.05) is 5.69 Å². The Kier molecular flexibility index (Phi) is 6.03. The first-order valence-corrected chi connectivity index (χ1v) is 9.01. The fraction of sp³-hybridized carbons (Fsp3) is 0.350. The highest BCUT2D eigenvalue weighted by atomic mass is 16.4. The van der Waals surface area contributed by atoms with Gasteiger partial charge in [0.25, 0.3) is 5.89 Å². The van der Waals surface area contributed by atoms with Crippen molar-refractivity contribution in [3.8, 4) is 11.7 Å². The zero-order valence-electron chi connectivity index (χ0n) is 15.9. The molecule has 0 fully saturated rings. The third-order valence-corrected chi connectivity index (χ3v) is 4.13. The summed E-state index contributed by atoms with van der Waals surface area (Å²) in [6.45, 7) is 7.45. The van der Waals surface area contributed by atoms with Crippen LogP contribution in [0.15, 0.2) is 45.4 Å². The summed E-state index contributed by atoms with van der Waals surface area (Å²) < 4.78 is 10.9. The molecular weight excluding hydrogens is 344 g/mol. The molecule has 0 aliphatic heterocycles. The maximum atomic E-state index is 12.5. The number of hydrogen-bond acceptors (Lipinski definition) is 6. The van der Waals surface area contributed by atoms with Gasteiger partial charge >= 0.3 is 0 Å². The van der Waals surface area contributed by atoms with Crippen LogP contribution in [-0.2, 0) is 11.3 Å². The number of carbonyl (C=O) groups excluding carboxylic acids is 1. The Balaban J connectivity index is 1.63. The maximum Gasteiger partial charge on any atom is 0.283 e. The number of nitrogens with zero attached hydrogens (tertiary/aromatic N) is 3. The van der Waals surface area contributed by atoms with Gasteiger partial charge in [-0.2, -0.15) is 0 Å². The third-order valence-electron chi connectivity index (χ3n) is 4.13. The number of furan rings is 1. The third kappa shape index (κ3) is 5.04. The second-order valence-electron chi connectivity index (χ2n) is 6.56. The van der Waals surface area contributed by atoms with E-state index in [0.717, 1.165) is 29.8 Å². The van der Waals surface area contributed by atoms with Crippen molar-refractivity contribution in [2.45, 2.75) is 33.7 Å². The summed E-state index contributed by atoms with van der Waals surface area (Å²) in [5.74, 6) is 1.26. The Labute approximate surface area is 158 Å². The van der Waals surface area contributed by atoms with Crippen molar-refractivity contribution in [2.24, 2.45) is 0 Å². The van der Waals surface area contributed by atoms with Crippen molar-refractivity contribution in [3.05, 3.63) is 53.6 Å². The van der Waals surface area contributed by atoms with Crippen molar-refractivity contribution >= 4 is 11.6 Å². The fourth-order valence-electron chi connectivity index (χ4n) is 2.80. The van der Waals surface area contributed by atoms with Crippen LogP contribution in [0.25, 0.3) is 11.7 Å². The fourth-order valence-corrected chi connectivity index (χ4v) is 2.80. The molecule has 7 nitrogen and oxygen atoms in total. The number of rotatable bonds is 8. The average molecular weight is 368 g/mol. The van der Waals surface area contributed by atoms with Gasteiger partial charge in [0.05, 0.1) is 19.4 Å². The molecule has 7 heteroatoms. The second-order valence-corrected chi connectivity index (χ2v) is 6.56. The monoisotopic (exact) mass is 368 g/mol. The lowest BCUT2D eigenvalue weighted by Gasteiger charge is -2.19. The Hall–Kier alpha value is -2.93. The molecule has 2 aromatic heterocycles. The molecule has 142 valence electrons. The number of anilines is 1. The van der Waals surface area contributed by atoms with E-state index in [1.807, 2.05) is 36.9 Å². The van der Waals surface area contributed by atoms with Gasteiger partial charge in [-0.15, -0.1) is 10.2 Å². The Morgan fingerprint density at radius 1 is 1.22 bits per heavy atom. The predicted molar refractivity (Wildman–Crippen MR) is 102 cm³/mol. The lowest BCUT2D eigenvalue weighted by Crippen LogP contribution is -2.33. The summed E-state index contributed by atoms with van der Waals surface area (Å²) in [5, 5.41) is 11.1. The van der Waals surface area contributed by atoms with Crippen LogP contribution in [0.4, 0.5) is 5.69 Å². The van der Waals surface area contributed by atoms with Gasteiger partial charge in [-0.05, 0) is 56.1 Å². The number of benzene rings is 1. The molecular formula is C20H24N4O3. The lowest BCUT2D eigenvalue weighted by atomic mass is 10.1. The molecule has 27 heavy (non-hydrogen) atoms. The average Bonchev–Trinajstić information content (AvgIpc) is 3.29. The van der Waals surface area contributed by atoms with Crippen molar-refractivity contribution in [1.82, 2.24) is 15.1 Å². The van der Waals surface area contributed by atoms with E-state index in [1.165, 1.54) is 0 Å². The zero-order chi connectivity index (χ0) is 19.2. The van der Waals surface area contributed by atoms with Crippen LogP contribution in [0.5, 0.6) is 0 Å². The SMILES string of the molecule is CCCN(CC(=O)Nc1cc(C)ccc1C)Cc1nnc(-c2ccco2)o1. The van der Waals surface area contributed by atoms with Crippen LogP contribution in [0.3, 0.4) is 0 Å². The minimum absolute atomic E-state index is 0.0667. The maximum absolute atomic E-state index is 12.5. The number of nitrogens with one attached hydrogen (secondary N) is 1. The predicted octanol–water partition coefficient (Wildman–Crippen LogP) is 3.80. The summed E-state index contributed by atoms with van der Waals surface area (Å²) in [6, 6.07) is 9.54. The van der Waals surface area contributed by atoms with Gasteiger partial charge < -0.3 is 14.2 Å². The molecule has 2 heterocycles. The van der Waals surface area contributed by atoms with Crippen molar-refractivity contribution < 1.29 is 13.6 Å². The molecule has 1 N–H and O–H groups in total. The molecule has 0 saturated heterocycles. The summed E-state index contributed by atoms with van der Waals surface area (Å²) in [4.78, 5) is 14.5. The molecule has 1 amide bonds. The molecule has 3 aromatic rings. The quantitative estimate of drug-likeness (QED) is 0.651. The topological polar surface area (TPSA) is 84.4 Å². The summed E-state index contributed by atoms with van der Waals surface area (Å²) in [5.41, 5.74) is 2.99. The van der Waals surface area contributed by atoms with E-state index in [4.69, 9.17) is 8.83 Å². The highest BCUT2D eigenvalue weighted by Gasteiger charge is 2.17.